The van der Waals surface area contributed by atoms with Crippen molar-refractivity contribution in [1.29, 1.82) is 5.26 Å². The van der Waals surface area contributed by atoms with Crippen LogP contribution in [0.2, 0.25) is 5.02 Å². The van der Waals surface area contributed by atoms with Crippen molar-refractivity contribution in [2.75, 3.05) is 5.32 Å². The molecule has 1 heterocycles. The molecule has 5 heteroatoms. The van der Waals surface area contributed by atoms with Gasteiger partial charge in [0.05, 0.1) is 0 Å². The SMILES string of the molecule is N#CC(=Cc1ccc(-c2ccc(Cl)cc2)o1)C(=O)Nc1ccccc1. The van der Waals surface area contributed by atoms with Crippen molar-refractivity contribution in [2.24, 2.45) is 0 Å². The van der Waals surface area contributed by atoms with Crippen LogP contribution in [0.1, 0.15) is 5.76 Å². The van der Waals surface area contributed by atoms with Crippen molar-refractivity contribution in [3.8, 4) is 17.4 Å². The molecule has 0 radical (unpaired) electrons. The fraction of sp³-hybridized carbons (Fsp3) is 0. The van der Waals surface area contributed by atoms with Crippen molar-refractivity contribution < 1.29 is 9.21 Å². The Morgan fingerprint density at radius 1 is 1.04 bits per heavy atom. The first kappa shape index (κ1) is 16.6. The maximum atomic E-state index is 12.2. The second-order valence-electron chi connectivity index (χ2n) is 5.20. The molecule has 0 fully saturated rings. The van der Waals surface area contributed by atoms with Crippen LogP contribution in [-0.4, -0.2) is 5.91 Å². The molecular formula is C20H13ClN2O2. The molecule has 122 valence electrons. The number of carbonyl (C=O) groups is 1. The number of anilines is 1. The second-order valence-corrected chi connectivity index (χ2v) is 5.64. The maximum absolute atomic E-state index is 12.2. The van der Waals surface area contributed by atoms with Crippen LogP contribution >= 0.6 is 11.6 Å². The van der Waals surface area contributed by atoms with Crippen LogP contribution in [0, 0.1) is 11.3 Å². The first-order valence-electron chi connectivity index (χ1n) is 7.50. The summed E-state index contributed by atoms with van der Waals surface area (Å²) in [5, 5.41) is 12.6. The van der Waals surface area contributed by atoms with Gasteiger partial charge in [0.1, 0.15) is 23.2 Å². The van der Waals surface area contributed by atoms with E-state index >= 15 is 0 Å². The average molecular weight is 349 g/mol. The summed E-state index contributed by atoms with van der Waals surface area (Å²) >= 11 is 5.87. The van der Waals surface area contributed by atoms with Crippen LogP contribution < -0.4 is 5.32 Å². The fourth-order valence-electron chi connectivity index (χ4n) is 2.21. The molecular weight excluding hydrogens is 336 g/mol. The summed E-state index contributed by atoms with van der Waals surface area (Å²) < 4.78 is 5.69. The Morgan fingerprint density at radius 3 is 2.44 bits per heavy atom. The number of nitrogens with zero attached hydrogens (tertiary/aromatic N) is 1. The van der Waals surface area contributed by atoms with Gasteiger partial charge in [-0.2, -0.15) is 5.26 Å². The van der Waals surface area contributed by atoms with Gasteiger partial charge in [0.25, 0.3) is 5.91 Å². The van der Waals surface area contributed by atoms with Crippen LogP contribution in [0.15, 0.2) is 76.7 Å². The van der Waals surface area contributed by atoms with E-state index in [-0.39, 0.29) is 5.57 Å². The molecule has 0 saturated heterocycles. The smallest absolute Gasteiger partial charge is 0.266 e. The molecule has 0 spiro atoms. The summed E-state index contributed by atoms with van der Waals surface area (Å²) in [4.78, 5) is 12.2. The topological polar surface area (TPSA) is 66.0 Å². The van der Waals surface area contributed by atoms with E-state index < -0.39 is 5.91 Å². The number of benzene rings is 2. The minimum absolute atomic E-state index is 0.0409. The van der Waals surface area contributed by atoms with Gasteiger partial charge in [-0.15, -0.1) is 0 Å². The number of carbonyl (C=O) groups excluding carboxylic acids is 1. The third kappa shape index (κ3) is 4.17. The van der Waals surface area contributed by atoms with Crippen molar-refractivity contribution in [3.05, 3.63) is 83.1 Å². The van der Waals surface area contributed by atoms with Gasteiger partial charge in [-0.25, -0.2) is 0 Å². The Labute approximate surface area is 150 Å². The molecule has 0 aliphatic carbocycles. The summed E-state index contributed by atoms with van der Waals surface area (Å²) in [5.74, 6) is 0.562. The summed E-state index contributed by atoms with van der Waals surface area (Å²) in [7, 11) is 0. The van der Waals surface area contributed by atoms with E-state index in [1.807, 2.05) is 24.3 Å². The zero-order chi connectivity index (χ0) is 17.6. The predicted molar refractivity (Wildman–Crippen MR) is 97.8 cm³/mol. The number of hydrogen-bond donors (Lipinski definition) is 1. The lowest BCUT2D eigenvalue weighted by atomic mass is 10.2. The van der Waals surface area contributed by atoms with Crippen LogP contribution in [0.4, 0.5) is 5.69 Å². The highest BCUT2D eigenvalue weighted by Gasteiger charge is 2.11. The number of nitriles is 1. The Kier molecular flexibility index (Phi) is 4.98. The molecule has 0 aliphatic heterocycles. The molecule has 4 nitrogen and oxygen atoms in total. The summed E-state index contributed by atoms with van der Waals surface area (Å²) in [5.41, 5.74) is 1.44. The molecule has 0 aliphatic rings. The Bertz CT molecular complexity index is 951. The van der Waals surface area contributed by atoms with Gasteiger partial charge in [0, 0.05) is 22.3 Å². The zero-order valence-electron chi connectivity index (χ0n) is 13.1. The zero-order valence-corrected chi connectivity index (χ0v) is 13.8. The molecule has 3 aromatic rings. The minimum Gasteiger partial charge on any atom is -0.457 e. The fourth-order valence-corrected chi connectivity index (χ4v) is 2.34. The van der Waals surface area contributed by atoms with E-state index in [9.17, 15) is 10.1 Å². The van der Waals surface area contributed by atoms with E-state index in [0.717, 1.165) is 5.56 Å². The third-order valence-electron chi connectivity index (χ3n) is 3.44. The first-order chi connectivity index (χ1) is 12.2. The van der Waals surface area contributed by atoms with Crippen LogP contribution in [0.25, 0.3) is 17.4 Å². The van der Waals surface area contributed by atoms with Crippen LogP contribution in [0.5, 0.6) is 0 Å². The number of hydrogen-bond acceptors (Lipinski definition) is 3. The van der Waals surface area contributed by atoms with Gasteiger partial charge in [0.15, 0.2) is 0 Å². The lowest BCUT2D eigenvalue weighted by molar-refractivity contribution is -0.112. The second kappa shape index (κ2) is 7.52. The van der Waals surface area contributed by atoms with E-state index in [1.165, 1.54) is 6.08 Å². The number of furan rings is 1. The molecule has 0 saturated carbocycles. The molecule has 1 N–H and O–H groups in total. The van der Waals surface area contributed by atoms with Gasteiger partial charge < -0.3 is 9.73 Å². The predicted octanol–water partition coefficient (Wildman–Crippen LogP) is 5.15. The quantitative estimate of drug-likeness (QED) is 0.524. The van der Waals surface area contributed by atoms with Crippen molar-refractivity contribution >= 4 is 29.3 Å². The normalized spacial score (nSPS) is 11.0. The molecule has 25 heavy (non-hydrogen) atoms. The van der Waals surface area contributed by atoms with Gasteiger partial charge in [-0.3, -0.25) is 4.79 Å². The number of rotatable bonds is 4. The van der Waals surface area contributed by atoms with Gasteiger partial charge in [-0.05, 0) is 48.5 Å². The number of halogens is 1. The lowest BCUT2D eigenvalue weighted by Crippen LogP contribution is -2.13. The average Bonchev–Trinajstić information content (AvgIpc) is 3.09. The summed E-state index contributed by atoms with van der Waals surface area (Å²) in [6, 6.07) is 21.5. The summed E-state index contributed by atoms with van der Waals surface area (Å²) in [6.45, 7) is 0. The number of nitrogens with one attached hydrogen (secondary N) is 1. The number of para-hydroxylation sites is 1. The van der Waals surface area contributed by atoms with E-state index in [1.54, 1.807) is 48.5 Å². The van der Waals surface area contributed by atoms with Crippen molar-refractivity contribution in [3.63, 3.8) is 0 Å². The van der Waals surface area contributed by atoms with Crippen LogP contribution in [0.3, 0.4) is 0 Å². The molecule has 3 rings (SSSR count). The first-order valence-corrected chi connectivity index (χ1v) is 7.87. The Morgan fingerprint density at radius 2 is 1.76 bits per heavy atom. The molecule has 0 bridgehead atoms. The highest BCUT2D eigenvalue weighted by Crippen LogP contribution is 2.25. The molecule has 1 aromatic heterocycles. The van der Waals surface area contributed by atoms with Crippen molar-refractivity contribution in [1.82, 2.24) is 0 Å². The molecule has 0 unspecified atom stereocenters. The van der Waals surface area contributed by atoms with E-state index in [4.69, 9.17) is 16.0 Å². The molecule has 2 aromatic carbocycles. The maximum Gasteiger partial charge on any atom is 0.266 e. The van der Waals surface area contributed by atoms with E-state index in [0.29, 0.717) is 22.2 Å². The van der Waals surface area contributed by atoms with E-state index in [2.05, 4.69) is 5.32 Å². The van der Waals surface area contributed by atoms with Gasteiger partial charge >= 0.3 is 0 Å². The lowest BCUT2D eigenvalue weighted by Gasteiger charge is -2.03. The Balaban J connectivity index is 1.80. The Hall–Kier alpha value is -3.29. The van der Waals surface area contributed by atoms with Crippen LogP contribution in [-0.2, 0) is 4.79 Å². The molecule has 0 atom stereocenters. The minimum atomic E-state index is -0.488. The monoisotopic (exact) mass is 348 g/mol. The molecule has 1 amide bonds. The third-order valence-corrected chi connectivity index (χ3v) is 3.69. The highest BCUT2D eigenvalue weighted by atomic mass is 35.5. The summed E-state index contributed by atoms with van der Waals surface area (Å²) in [6.07, 6.45) is 1.41. The largest absolute Gasteiger partial charge is 0.457 e. The highest BCUT2D eigenvalue weighted by molar-refractivity contribution is 6.30. The van der Waals surface area contributed by atoms with Crippen molar-refractivity contribution in [2.45, 2.75) is 0 Å². The number of amides is 1. The van der Waals surface area contributed by atoms with Gasteiger partial charge in [-0.1, -0.05) is 29.8 Å². The van der Waals surface area contributed by atoms with Gasteiger partial charge in [0.2, 0.25) is 0 Å². The standard InChI is InChI=1S/C20H13ClN2O2/c21-16-8-6-14(7-9-16)19-11-10-18(25-19)12-15(13-22)20(24)23-17-4-2-1-3-5-17/h1-12H,(H,23,24).